The maximum absolute atomic E-state index is 6.04. The molecule has 0 saturated carbocycles. The predicted octanol–water partition coefficient (Wildman–Crippen LogP) is 4.96. The lowest BCUT2D eigenvalue weighted by Gasteiger charge is -1.99. The maximum atomic E-state index is 6.04. The molecule has 0 atom stereocenters. The number of aryl methyl sites for hydroxylation is 1. The third-order valence-corrected chi connectivity index (χ3v) is 3.66. The standard InChI is InChI=1S/C18H13NO/c1-12-6-2-4-8-14(12)18-19-16-11-10-13-7-3-5-9-15(13)17(16)20-18/h2-11H,1H3. The molecule has 0 aliphatic rings. The van der Waals surface area contributed by atoms with Gasteiger partial charge in [0.2, 0.25) is 5.89 Å². The molecule has 4 aromatic rings. The Labute approximate surface area is 116 Å². The Morgan fingerprint density at radius 2 is 1.65 bits per heavy atom. The fourth-order valence-corrected chi connectivity index (χ4v) is 2.58. The van der Waals surface area contributed by atoms with E-state index < -0.39 is 0 Å². The second-order valence-corrected chi connectivity index (χ2v) is 4.97. The van der Waals surface area contributed by atoms with Crippen LogP contribution in [0.4, 0.5) is 0 Å². The molecule has 0 fully saturated rings. The van der Waals surface area contributed by atoms with Crippen LogP contribution in [-0.4, -0.2) is 4.98 Å². The molecule has 1 heterocycles. The normalized spacial score (nSPS) is 11.2. The summed E-state index contributed by atoms with van der Waals surface area (Å²) in [5.41, 5.74) is 3.99. The van der Waals surface area contributed by atoms with Crippen molar-refractivity contribution in [2.45, 2.75) is 6.92 Å². The molecule has 2 heteroatoms. The lowest BCUT2D eigenvalue weighted by atomic mass is 10.1. The second-order valence-electron chi connectivity index (χ2n) is 4.97. The monoisotopic (exact) mass is 259 g/mol. The number of hydrogen-bond acceptors (Lipinski definition) is 2. The summed E-state index contributed by atoms with van der Waals surface area (Å²) in [7, 11) is 0. The first-order valence-electron chi connectivity index (χ1n) is 6.67. The highest BCUT2D eigenvalue weighted by molar-refractivity contribution is 6.03. The van der Waals surface area contributed by atoms with E-state index >= 15 is 0 Å². The molecule has 0 amide bonds. The Balaban J connectivity index is 2.04. The maximum Gasteiger partial charge on any atom is 0.227 e. The third-order valence-electron chi connectivity index (χ3n) is 3.66. The summed E-state index contributed by atoms with van der Waals surface area (Å²) < 4.78 is 6.04. The van der Waals surface area contributed by atoms with Crippen LogP contribution in [0.3, 0.4) is 0 Å². The zero-order valence-corrected chi connectivity index (χ0v) is 11.1. The van der Waals surface area contributed by atoms with Gasteiger partial charge in [0.25, 0.3) is 0 Å². The number of hydrogen-bond donors (Lipinski definition) is 0. The van der Waals surface area contributed by atoms with Crippen molar-refractivity contribution in [2.24, 2.45) is 0 Å². The van der Waals surface area contributed by atoms with Crippen molar-refractivity contribution in [3.8, 4) is 11.5 Å². The molecule has 96 valence electrons. The minimum Gasteiger partial charge on any atom is -0.435 e. The Bertz CT molecular complexity index is 921. The van der Waals surface area contributed by atoms with Crippen LogP contribution in [0.2, 0.25) is 0 Å². The van der Waals surface area contributed by atoms with Crippen molar-refractivity contribution in [1.29, 1.82) is 0 Å². The van der Waals surface area contributed by atoms with Gasteiger partial charge in [-0.1, -0.05) is 48.5 Å². The van der Waals surface area contributed by atoms with E-state index in [1.807, 2.05) is 36.4 Å². The van der Waals surface area contributed by atoms with Gasteiger partial charge in [0, 0.05) is 10.9 Å². The van der Waals surface area contributed by atoms with Gasteiger partial charge in [0.1, 0.15) is 5.52 Å². The van der Waals surface area contributed by atoms with Crippen LogP contribution in [0.5, 0.6) is 0 Å². The number of nitrogens with zero attached hydrogens (tertiary/aromatic N) is 1. The molecule has 2 nitrogen and oxygen atoms in total. The Kier molecular flexibility index (Phi) is 2.36. The van der Waals surface area contributed by atoms with Gasteiger partial charge in [-0.15, -0.1) is 0 Å². The van der Waals surface area contributed by atoms with Crippen molar-refractivity contribution in [3.05, 3.63) is 66.2 Å². The minimum atomic E-state index is 0.689. The highest BCUT2D eigenvalue weighted by atomic mass is 16.3. The van der Waals surface area contributed by atoms with Gasteiger partial charge in [-0.05, 0) is 30.0 Å². The average Bonchev–Trinajstić information content (AvgIpc) is 2.92. The van der Waals surface area contributed by atoms with Crippen LogP contribution in [0.1, 0.15) is 5.56 Å². The van der Waals surface area contributed by atoms with Crippen molar-refractivity contribution < 1.29 is 4.42 Å². The molecule has 0 spiro atoms. The first-order valence-corrected chi connectivity index (χ1v) is 6.67. The lowest BCUT2D eigenvalue weighted by molar-refractivity contribution is 0.622. The highest BCUT2D eigenvalue weighted by Gasteiger charge is 2.11. The zero-order chi connectivity index (χ0) is 13.5. The molecule has 20 heavy (non-hydrogen) atoms. The molecule has 0 N–H and O–H groups in total. The highest BCUT2D eigenvalue weighted by Crippen LogP contribution is 2.31. The SMILES string of the molecule is Cc1ccccc1-c1nc2ccc3ccccc3c2o1. The summed E-state index contributed by atoms with van der Waals surface area (Å²) >= 11 is 0. The van der Waals surface area contributed by atoms with E-state index in [0.29, 0.717) is 5.89 Å². The van der Waals surface area contributed by atoms with Gasteiger partial charge >= 0.3 is 0 Å². The van der Waals surface area contributed by atoms with E-state index in [9.17, 15) is 0 Å². The van der Waals surface area contributed by atoms with Crippen LogP contribution in [0.15, 0.2) is 65.1 Å². The molecule has 0 aliphatic carbocycles. The van der Waals surface area contributed by atoms with E-state index in [0.717, 1.165) is 22.0 Å². The van der Waals surface area contributed by atoms with Crippen LogP contribution in [0, 0.1) is 6.92 Å². The predicted molar refractivity (Wildman–Crippen MR) is 81.7 cm³/mol. The van der Waals surface area contributed by atoms with E-state index in [2.05, 4.69) is 36.2 Å². The van der Waals surface area contributed by atoms with Crippen LogP contribution in [0.25, 0.3) is 33.3 Å². The van der Waals surface area contributed by atoms with E-state index in [-0.39, 0.29) is 0 Å². The summed E-state index contributed by atoms with van der Waals surface area (Å²) in [6.07, 6.45) is 0. The van der Waals surface area contributed by atoms with Crippen molar-refractivity contribution in [1.82, 2.24) is 4.98 Å². The van der Waals surface area contributed by atoms with Gasteiger partial charge in [-0.25, -0.2) is 4.98 Å². The fourth-order valence-electron chi connectivity index (χ4n) is 2.58. The van der Waals surface area contributed by atoms with Gasteiger partial charge < -0.3 is 4.42 Å². The quantitative estimate of drug-likeness (QED) is 0.483. The summed E-state index contributed by atoms with van der Waals surface area (Å²) in [6, 6.07) is 20.5. The molecule has 1 aromatic heterocycles. The average molecular weight is 259 g/mol. The van der Waals surface area contributed by atoms with Crippen LogP contribution < -0.4 is 0 Å². The van der Waals surface area contributed by atoms with E-state index in [1.165, 1.54) is 10.9 Å². The topological polar surface area (TPSA) is 26.0 Å². The van der Waals surface area contributed by atoms with Gasteiger partial charge in [-0.3, -0.25) is 0 Å². The second kappa shape index (κ2) is 4.20. The van der Waals surface area contributed by atoms with Crippen molar-refractivity contribution in [2.75, 3.05) is 0 Å². The molecular weight excluding hydrogens is 246 g/mol. The Morgan fingerprint density at radius 3 is 2.55 bits per heavy atom. The van der Waals surface area contributed by atoms with Crippen molar-refractivity contribution >= 4 is 21.9 Å². The fraction of sp³-hybridized carbons (Fsp3) is 0.0556. The largest absolute Gasteiger partial charge is 0.435 e. The van der Waals surface area contributed by atoms with Gasteiger partial charge in [-0.2, -0.15) is 0 Å². The molecule has 3 aromatic carbocycles. The number of rotatable bonds is 1. The van der Waals surface area contributed by atoms with Gasteiger partial charge in [0.15, 0.2) is 5.58 Å². The molecule has 0 unspecified atom stereocenters. The van der Waals surface area contributed by atoms with E-state index in [4.69, 9.17) is 4.42 Å². The summed E-state index contributed by atoms with van der Waals surface area (Å²) in [5, 5.41) is 2.28. The van der Waals surface area contributed by atoms with Crippen LogP contribution in [-0.2, 0) is 0 Å². The molecule has 0 aliphatic heterocycles. The van der Waals surface area contributed by atoms with Crippen molar-refractivity contribution in [3.63, 3.8) is 0 Å². The summed E-state index contributed by atoms with van der Waals surface area (Å²) in [4.78, 5) is 4.63. The molecule has 0 saturated heterocycles. The smallest absolute Gasteiger partial charge is 0.227 e. The number of aromatic nitrogens is 1. The van der Waals surface area contributed by atoms with Crippen LogP contribution >= 0.6 is 0 Å². The van der Waals surface area contributed by atoms with Gasteiger partial charge in [0.05, 0.1) is 0 Å². The molecular formula is C18H13NO. The zero-order valence-electron chi connectivity index (χ0n) is 11.1. The molecule has 0 radical (unpaired) electrons. The lowest BCUT2D eigenvalue weighted by Crippen LogP contribution is -1.81. The Hall–Kier alpha value is -2.61. The number of fused-ring (bicyclic) bond motifs is 3. The molecule has 4 rings (SSSR count). The summed E-state index contributed by atoms with van der Waals surface area (Å²) in [5.74, 6) is 0.689. The third kappa shape index (κ3) is 1.62. The number of oxazole rings is 1. The molecule has 0 bridgehead atoms. The minimum absolute atomic E-state index is 0.689. The summed E-state index contributed by atoms with van der Waals surface area (Å²) in [6.45, 7) is 2.07. The Morgan fingerprint density at radius 1 is 0.850 bits per heavy atom. The first-order chi connectivity index (χ1) is 9.83. The van der Waals surface area contributed by atoms with E-state index in [1.54, 1.807) is 0 Å². The number of benzene rings is 3. The first kappa shape index (κ1) is 11.2.